The van der Waals surface area contributed by atoms with E-state index in [0.29, 0.717) is 6.54 Å². The first-order valence-corrected chi connectivity index (χ1v) is 6.92. The molecule has 0 spiro atoms. The minimum Gasteiger partial charge on any atom is -0.480 e. The van der Waals surface area contributed by atoms with Crippen LogP contribution in [0.4, 0.5) is 4.79 Å². The van der Waals surface area contributed by atoms with Crippen LogP contribution in [0.5, 0.6) is 0 Å². The molecule has 0 radical (unpaired) electrons. The van der Waals surface area contributed by atoms with Gasteiger partial charge in [-0.1, -0.05) is 28.1 Å². The summed E-state index contributed by atoms with van der Waals surface area (Å²) in [5.41, 5.74) is -0.278. The number of carboxylic acids is 1. The van der Waals surface area contributed by atoms with Crippen LogP contribution in [0.3, 0.4) is 0 Å². The van der Waals surface area contributed by atoms with Crippen molar-refractivity contribution in [2.45, 2.75) is 25.9 Å². The third-order valence-corrected chi connectivity index (χ3v) is 3.78. The molecule has 1 aromatic carbocycles. The number of carboxylic acid groups (broad SMARTS) is 1. The molecule has 20 heavy (non-hydrogen) atoms. The molecule has 0 saturated heterocycles. The molecule has 0 aliphatic rings. The third kappa shape index (κ3) is 3.72. The molecule has 1 N–H and O–H groups in total. The van der Waals surface area contributed by atoms with Crippen molar-refractivity contribution in [2.24, 2.45) is 0 Å². The molecule has 0 fully saturated rings. The fourth-order valence-corrected chi connectivity index (χ4v) is 2.06. The maximum Gasteiger partial charge on any atom is 0.329 e. The van der Waals surface area contributed by atoms with Crippen LogP contribution in [0.15, 0.2) is 28.7 Å². The highest BCUT2D eigenvalue weighted by molar-refractivity contribution is 9.10. The Labute approximate surface area is 127 Å². The Balaban J connectivity index is 2.79. The van der Waals surface area contributed by atoms with E-state index in [0.717, 1.165) is 10.0 Å². The summed E-state index contributed by atoms with van der Waals surface area (Å²) >= 11 is 3.38. The van der Waals surface area contributed by atoms with Gasteiger partial charge in [0.1, 0.15) is 5.54 Å². The number of benzene rings is 1. The number of urea groups is 1. The molecule has 0 heterocycles. The van der Waals surface area contributed by atoms with Gasteiger partial charge in [0.05, 0.1) is 0 Å². The lowest BCUT2D eigenvalue weighted by molar-refractivity contribution is -0.147. The molecule has 0 atom stereocenters. The van der Waals surface area contributed by atoms with Crippen LogP contribution < -0.4 is 0 Å². The molecule has 0 bridgehead atoms. The van der Waals surface area contributed by atoms with Gasteiger partial charge in [-0.15, -0.1) is 0 Å². The second-order valence-electron chi connectivity index (χ2n) is 5.19. The standard InChI is InChI=1S/C14H19BrN2O3/c1-14(2,12(18)19)17(4)13(20)16(3)9-10-6-5-7-11(15)8-10/h5-8H,9H2,1-4H3,(H,18,19). The van der Waals surface area contributed by atoms with E-state index in [2.05, 4.69) is 15.9 Å². The maximum atomic E-state index is 12.3. The lowest BCUT2D eigenvalue weighted by atomic mass is 10.0. The van der Waals surface area contributed by atoms with Crippen LogP contribution in [-0.2, 0) is 11.3 Å². The van der Waals surface area contributed by atoms with Crippen LogP contribution in [-0.4, -0.2) is 46.5 Å². The number of rotatable bonds is 4. The Morgan fingerprint density at radius 2 is 1.90 bits per heavy atom. The number of halogens is 1. The van der Waals surface area contributed by atoms with Crippen molar-refractivity contribution in [3.05, 3.63) is 34.3 Å². The molecule has 110 valence electrons. The SMILES string of the molecule is CN(Cc1cccc(Br)c1)C(=O)N(C)C(C)(C)C(=O)O. The van der Waals surface area contributed by atoms with Gasteiger partial charge in [0.2, 0.25) is 0 Å². The zero-order chi connectivity index (χ0) is 15.5. The summed E-state index contributed by atoms with van der Waals surface area (Å²) in [4.78, 5) is 26.2. The summed E-state index contributed by atoms with van der Waals surface area (Å²) < 4.78 is 0.940. The van der Waals surface area contributed by atoms with Crippen LogP contribution in [0.1, 0.15) is 19.4 Å². The summed E-state index contributed by atoms with van der Waals surface area (Å²) in [6, 6.07) is 7.30. The fraction of sp³-hybridized carbons (Fsp3) is 0.429. The Morgan fingerprint density at radius 1 is 1.30 bits per heavy atom. The van der Waals surface area contributed by atoms with Crippen LogP contribution in [0.25, 0.3) is 0 Å². The Hall–Kier alpha value is -1.56. The number of likely N-dealkylation sites (N-methyl/N-ethyl adjacent to an activating group) is 1. The zero-order valence-corrected chi connectivity index (χ0v) is 13.6. The Kier molecular flexibility index (Phi) is 5.16. The maximum absolute atomic E-state index is 12.3. The van der Waals surface area contributed by atoms with Gasteiger partial charge in [-0.05, 0) is 31.5 Å². The number of hydrogen-bond donors (Lipinski definition) is 1. The van der Waals surface area contributed by atoms with Gasteiger partial charge < -0.3 is 14.9 Å². The molecular formula is C14H19BrN2O3. The average Bonchev–Trinajstić information content (AvgIpc) is 2.36. The van der Waals surface area contributed by atoms with E-state index in [1.807, 2.05) is 24.3 Å². The number of aliphatic carboxylic acids is 1. The quantitative estimate of drug-likeness (QED) is 0.915. The predicted octanol–water partition coefficient (Wildman–Crippen LogP) is 2.80. The molecule has 2 amide bonds. The van der Waals surface area contributed by atoms with Crippen molar-refractivity contribution in [3.8, 4) is 0 Å². The smallest absolute Gasteiger partial charge is 0.329 e. The normalized spacial score (nSPS) is 11.1. The van der Waals surface area contributed by atoms with Crippen molar-refractivity contribution in [3.63, 3.8) is 0 Å². The van der Waals surface area contributed by atoms with E-state index in [1.54, 1.807) is 7.05 Å². The largest absolute Gasteiger partial charge is 0.480 e. The Morgan fingerprint density at radius 3 is 2.40 bits per heavy atom. The van der Waals surface area contributed by atoms with Crippen molar-refractivity contribution >= 4 is 27.9 Å². The minimum atomic E-state index is -1.25. The summed E-state index contributed by atoms with van der Waals surface area (Å²) in [6.07, 6.45) is 0. The van der Waals surface area contributed by atoms with Gasteiger partial charge in [0.25, 0.3) is 0 Å². The lowest BCUT2D eigenvalue weighted by Gasteiger charge is -2.34. The summed E-state index contributed by atoms with van der Waals surface area (Å²) in [6.45, 7) is 3.42. The number of carbonyl (C=O) groups excluding carboxylic acids is 1. The van der Waals surface area contributed by atoms with Gasteiger partial charge in [0, 0.05) is 25.1 Å². The van der Waals surface area contributed by atoms with Crippen LogP contribution in [0.2, 0.25) is 0 Å². The Bertz CT molecular complexity index is 517. The molecular weight excluding hydrogens is 324 g/mol. The van der Waals surface area contributed by atoms with Gasteiger partial charge in [-0.25, -0.2) is 9.59 Å². The van der Waals surface area contributed by atoms with E-state index in [9.17, 15) is 9.59 Å². The topological polar surface area (TPSA) is 60.9 Å². The van der Waals surface area contributed by atoms with E-state index in [-0.39, 0.29) is 6.03 Å². The predicted molar refractivity (Wildman–Crippen MR) is 80.5 cm³/mol. The van der Waals surface area contributed by atoms with Crippen molar-refractivity contribution in [1.82, 2.24) is 9.80 Å². The molecule has 0 aromatic heterocycles. The summed E-state index contributed by atoms with van der Waals surface area (Å²) in [7, 11) is 3.14. The van der Waals surface area contributed by atoms with E-state index in [1.165, 1.54) is 30.7 Å². The second-order valence-corrected chi connectivity index (χ2v) is 6.11. The third-order valence-electron chi connectivity index (χ3n) is 3.28. The zero-order valence-electron chi connectivity index (χ0n) is 12.1. The first kappa shape index (κ1) is 16.5. The molecule has 6 heteroatoms. The van der Waals surface area contributed by atoms with Crippen molar-refractivity contribution in [1.29, 1.82) is 0 Å². The number of carbonyl (C=O) groups is 2. The summed E-state index contributed by atoms with van der Waals surface area (Å²) in [5, 5.41) is 9.15. The van der Waals surface area contributed by atoms with Crippen molar-refractivity contribution in [2.75, 3.05) is 14.1 Å². The van der Waals surface area contributed by atoms with Gasteiger partial charge in [-0.2, -0.15) is 0 Å². The van der Waals surface area contributed by atoms with Crippen LogP contribution in [0, 0.1) is 0 Å². The van der Waals surface area contributed by atoms with Crippen LogP contribution >= 0.6 is 15.9 Å². The van der Waals surface area contributed by atoms with E-state index in [4.69, 9.17) is 5.11 Å². The molecule has 5 nitrogen and oxygen atoms in total. The number of nitrogens with zero attached hydrogens (tertiary/aromatic N) is 2. The molecule has 0 saturated carbocycles. The summed E-state index contributed by atoms with van der Waals surface area (Å²) in [5.74, 6) is -1.04. The molecule has 0 aliphatic heterocycles. The second kappa shape index (κ2) is 6.26. The molecule has 0 aliphatic carbocycles. The van der Waals surface area contributed by atoms with Gasteiger partial charge >= 0.3 is 12.0 Å². The highest BCUT2D eigenvalue weighted by Crippen LogP contribution is 2.17. The average molecular weight is 343 g/mol. The van der Waals surface area contributed by atoms with Gasteiger partial charge in [0.15, 0.2) is 0 Å². The molecule has 1 aromatic rings. The highest BCUT2D eigenvalue weighted by atomic mass is 79.9. The first-order valence-electron chi connectivity index (χ1n) is 6.13. The van der Waals surface area contributed by atoms with E-state index < -0.39 is 11.5 Å². The highest BCUT2D eigenvalue weighted by Gasteiger charge is 2.36. The lowest BCUT2D eigenvalue weighted by Crippen LogP contribution is -2.54. The van der Waals surface area contributed by atoms with Gasteiger partial charge in [-0.3, -0.25) is 0 Å². The molecule has 0 unspecified atom stereocenters. The number of amides is 2. The minimum absolute atomic E-state index is 0.336. The van der Waals surface area contributed by atoms with E-state index >= 15 is 0 Å². The van der Waals surface area contributed by atoms with Crippen molar-refractivity contribution < 1.29 is 14.7 Å². The number of hydrogen-bond acceptors (Lipinski definition) is 2. The fourth-order valence-electron chi connectivity index (χ4n) is 1.62. The first-order chi connectivity index (χ1) is 9.16. The monoisotopic (exact) mass is 342 g/mol. The molecule has 1 rings (SSSR count).